The molecule has 3 fully saturated rings. The van der Waals surface area contributed by atoms with Gasteiger partial charge in [0.1, 0.15) is 84.6 Å². The molecule has 44 nitrogen and oxygen atoms in total. The van der Waals surface area contributed by atoms with Crippen LogP contribution in [0.2, 0.25) is 0 Å². The normalized spacial score (nSPS) is 23.9. The Morgan fingerprint density at radius 1 is 0.500 bits per heavy atom. The molecular weight excluding hydrogens is 1830 g/mol. The molecule has 760 valence electrons. The third kappa shape index (κ3) is 31.8. The van der Waals surface area contributed by atoms with Crippen LogP contribution < -0.4 is 86.3 Å². The molecule has 2 aliphatic heterocycles. The molecule has 0 spiro atoms. The number of rotatable bonds is 30. The number of guanidine groups is 1. The number of fused-ring (bicyclic) bond motifs is 3. The van der Waals surface area contributed by atoms with Gasteiger partial charge < -0.3 is 126 Å². The maximum atomic E-state index is 15.8. The third-order valence-electron chi connectivity index (χ3n) is 25.2. The minimum absolute atomic E-state index is 0.00745. The molecular formula is C95H135N25O19S. The first-order valence-corrected chi connectivity index (χ1v) is 48.7. The number of thioether (sulfide) groups is 1. The highest BCUT2D eigenvalue weighted by Gasteiger charge is 2.45. The van der Waals surface area contributed by atoms with E-state index >= 15 is 38.4 Å². The molecule has 5 heterocycles. The SMILES string of the molecule is CCCC[C@H]1C(=O)N(C)[C@@H](CCCC)C(=O)N[C@@H](CCCNC(=N)N)C(=O)NC(C(=O)NCC(N)=O)CSCC(=O)N[C@@H](Cc2ccccc2)C(=O)N(C)[C@@H](C)C(=O)N[C@@H](CC(N)=O)C(=O)N2CCC[C@H]2C(=O)N[C@@H](Cc2cnc[nH]2)C(=O)N[C@@H](CC(C)C)C(=O)N[C@@H](CCNC(=O)C2CCC2)C(=O)N[C@@H](Cc2c[nH]c3ccccc23)C(=O)N[C@@H](CO)C(=O)N[C@@H](Cc2c[nH]c3ccccc23)C(=O)N1C. The number of nitrogens with zero attached hydrogens (tertiary/aromatic N) is 5. The number of imidazole rings is 1. The number of nitrogens with two attached hydrogens (primary N) is 3. The van der Waals surface area contributed by atoms with Crippen molar-refractivity contribution in [2.45, 2.75) is 248 Å². The molecule has 1 aliphatic carbocycles. The largest absolute Gasteiger partial charge is 0.394 e. The highest BCUT2D eigenvalue weighted by Crippen LogP contribution is 2.28. The zero-order chi connectivity index (χ0) is 102. The first-order valence-electron chi connectivity index (χ1n) is 47.5. The van der Waals surface area contributed by atoms with Crippen LogP contribution in [-0.4, -0.2) is 307 Å². The monoisotopic (exact) mass is 1960 g/mol. The standard InChI is InChI=1S/C95H135N25O19S/c1-9-11-32-74-89(134)109-64(31-21-36-102-95(98)99)83(128)116-73(82(127)105-48-78(97)123)50-140-51-79(124)107-69(40-55-23-14-13-15-24-55)91(136)117(6)54(5)80(125)113-71(44-77(96)122)93(138)120-38-22-34-75(120)90(135)112-68(43-59-47-100-52-106-59)87(132)110-66(39-53(3)4)85(130)108-65(35-37-101-81(126)56-25-20-26-56)84(129)111-67(41-57-45-103-62-29-18-16-27-60(57)62)86(131)115-72(49-121)88(133)114-70(42-58-46-104-63-30-19-17-28-61(58)63)92(137)119(8)76(33-12-10-2)94(139)118(74)7/h13-19,23-24,27-30,45-47,52-54,56,64-76,103-104,121H,9-12,20-22,25-26,31-44,48-51H2,1-8H3,(H2,96,122)(H2,97,123)(H,100,106)(H,101,126)(H,105,127)(H,107,124)(H,108,130)(H,109,134)(H,110,132)(H,111,129)(H,112,135)(H,113,125)(H,114,133)(H,115,131)(H,116,128)(H4,98,99,102)/t54-,64-,65-,66-,67-,68-,69-,70-,71-,72-,73?,74-,75-,76-/m0/s1. The molecule has 45 heteroatoms. The van der Waals surface area contributed by atoms with Gasteiger partial charge in [0.05, 0.1) is 31.7 Å². The zero-order valence-corrected chi connectivity index (χ0v) is 81.1. The summed E-state index contributed by atoms with van der Waals surface area (Å²) in [5.74, 6) is -18.4. The lowest BCUT2D eigenvalue weighted by atomic mass is 9.85. The van der Waals surface area contributed by atoms with Crippen molar-refractivity contribution in [2.24, 2.45) is 29.0 Å². The average molecular weight is 1960 g/mol. The van der Waals surface area contributed by atoms with Crippen LogP contribution in [0.4, 0.5) is 0 Å². The molecule has 3 aromatic heterocycles. The number of likely N-dealkylation sites (N-methyl/N-ethyl adjacent to an activating group) is 3. The van der Waals surface area contributed by atoms with Gasteiger partial charge in [-0.15, -0.1) is 11.8 Å². The van der Waals surface area contributed by atoms with Crippen LogP contribution >= 0.6 is 11.8 Å². The molecule has 0 bridgehead atoms. The Balaban J connectivity index is 1.11. The predicted octanol–water partition coefficient (Wildman–Crippen LogP) is -1.81. The van der Waals surface area contributed by atoms with Gasteiger partial charge in [-0.1, -0.05) is 127 Å². The van der Waals surface area contributed by atoms with Crippen LogP contribution in [0.3, 0.4) is 0 Å². The van der Waals surface area contributed by atoms with Gasteiger partial charge in [-0.3, -0.25) is 91.7 Å². The minimum atomic E-state index is -1.91. The molecule has 24 N–H and O–H groups in total. The summed E-state index contributed by atoms with van der Waals surface area (Å²) in [7, 11) is 3.95. The summed E-state index contributed by atoms with van der Waals surface area (Å²) >= 11 is 0.790. The number of unbranched alkanes of at least 4 members (excludes halogenated alkanes) is 2. The van der Waals surface area contributed by atoms with E-state index in [1.807, 2.05) is 13.8 Å². The zero-order valence-electron chi connectivity index (χ0n) is 80.3. The maximum absolute atomic E-state index is 15.8. The number of aromatic nitrogens is 4. The van der Waals surface area contributed by atoms with E-state index in [2.05, 4.69) is 89.1 Å². The van der Waals surface area contributed by atoms with Crippen LogP contribution in [0, 0.1) is 17.2 Å². The van der Waals surface area contributed by atoms with Gasteiger partial charge in [-0.2, -0.15) is 0 Å². The Hall–Kier alpha value is -14.0. The molecule has 2 saturated heterocycles. The van der Waals surface area contributed by atoms with Crippen LogP contribution in [0.1, 0.15) is 160 Å². The molecule has 14 atom stereocenters. The summed E-state index contributed by atoms with van der Waals surface area (Å²) in [6, 6.07) is 0.651. The Kier molecular flexibility index (Phi) is 42.1. The topological polar surface area (TPSA) is 659 Å². The molecule has 3 aliphatic rings. The number of aromatic amines is 3. The number of hydrogen-bond acceptors (Lipinski definition) is 22. The second kappa shape index (κ2) is 53.8. The summed E-state index contributed by atoms with van der Waals surface area (Å²) in [5.41, 5.74) is 20.0. The van der Waals surface area contributed by atoms with Crippen molar-refractivity contribution in [3.8, 4) is 0 Å². The number of benzene rings is 3. The lowest BCUT2D eigenvalue weighted by Gasteiger charge is -2.36. The number of amides is 18. The van der Waals surface area contributed by atoms with Crippen LogP contribution in [0.5, 0.6) is 0 Å². The Bertz CT molecular complexity index is 5340. The van der Waals surface area contributed by atoms with E-state index in [1.165, 1.54) is 40.6 Å². The van der Waals surface area contributed by atoms with E-state index in [-0.39, 0.29) is 114 Å². The fraction of sp³-hybridized carbons (Fsp3) is 0.537. The predicted molar refractivity (Wildman–Crippen MR) is 519 cm³/mol. The number of aliphatic hydroxyl groups is 1. The Morgan fingerprint density at radius 2 is 1.03 bits per heavy atom. The first-order chi connectivity index (χ1) is 66.9. The fourth-order valence-corrected chi connectivity index (χ4v) is 17.8. The van der Waals surface area contributed by atoms with E-state index in [4.69, 9.17) is 22.6 Å². The lowest BCUT2D eigenvalue weighted by Crippen LogP contribution is -2.62. The molecule has 0 radical (unpaired) electrons. The molecule has 3 aromatic carbocycles. The number of carbonyl (C=O) groups is 18. The summed E-state index contributed by atoms with van der Waals surface area (Å²) in [6.45, 7) is 6.33. The van der Waals surface area contributed by atoms with Gasteiger partial charge in [0.2, 0.25) is 106 Å². The number of H-pyrrole nitrogens is 3. The summed E-state index contributed by atoms with van der Waals surface area (Å²) < 4.78 is 0. The molecule has 140 heavy (non-hydrogen) atoms. The molecule has 1 unspecified atom stereocenters. The van der Waals surface area contributed by atoms with Gasteiger partial charge in [-0.25, -0.2) is 4.98 Å². The van der Waals surface area contributed by atoms with Crippen LogP contribution in [0.15, 0.2) is 104 Å². The second-order valence-electron chi connectivity index (χ2n) is 36.2. The molecule has 1 saturated carbocycles. The van der Waals surface area contributed by atoms with Gasteiger partial charge in [0.25, 0.3) is 0 Å². The number of primary amides is 2. The molecule has 18 amide bonds. The molecule has 9 rings (SSSR count). The number of hydrogen-bond donors (Lipinski definition) is 21. The Morgan fingerprint density at radius 3 is 1.63 bits per heavy atom. The first kappa shape index (κ1) is 110. The van der Waals surface area contributed by atoms with Crippen molar-refractivity contribution in [1.29, 1.82) is 5.41 Å². The number of nitrogens with one attached hydrogen (secondary N) is 17. The Labute approximate surface area is 815 Å². The van der Waals surface area contributed by atoms with E-state index in [1.54, 1.807) is 105 Å². The van der Waals surface area contributed by atoms with Gasteiger partial charge in [0.15, 0.2) is 5.96 Å². The van der Waals surface area contributed by atoms with Crippen LogP contribution in [-0.2, 0) is 112 Å². The maximum Gasteiger partial charge on any atom is 0.246 e. The van der Waals surface area contributed by atoms with Gasteiger partial charge in [0, 0.05) is 124 Å². The van der Waals surface area contributed by atoms with Gasteiger partial charge in [-0.05, 0) is 106 Å². The van der Waals surface area contributed by atoms with Crippen molar-refractivity contribution in [1.82, 2.24) is 109 Å². The van der Waals surface area contributed by atoms with Crippen molar-refractivity contribution < 1.29 is 91.4 Å². The quantitative estimate of drug-likeness (QED) is 0.0134. The summed E-state index contributed by atoms with van der Waals surface area (Å²) in [5, 5.41) is 55.3. The third-order valence-corrected chi connectivity index (χ3v) is 26.3. The lowest BCUT2D eigenvalue weighted by molar-refractivity contribution is -0.149. The second-order valence-corrected chi connectivity index (χ2v) is 37.2. The van der Waals surface area contributed by atoms with Crippen molar-refractivity contribution in [3.05, 3.63) is 126 Å². The summed E-state index contributed by atoms with van der Waals surface area (Å²) in [6.07, 6.45) is 7.27. The van der Waals surface area contributed by atoms with Crippen molar-refractivity contribution in [2.75, 3.05) is 65.4 Å². The minimum Gasteiger partial charge on any atom is -0.394 e. The van der Waals surface area contributed by atoms with Crippen molar-refractivity contribution in [3.63, 3.8) is 0 Å². The summed E-state index contributed by atoms with van der Waals surface area (Å²) in [4.78, 5) is 283. The fourth-order valence-electron chi connectivity index (χ4n) is 17.0. The molecule has 6 aromatic rings. The highest BCUT2D eigenvalue weighted by molar-refractivity contribution is 8.00. The average Bonchev–Trinajstić information content (AvgIpc) is 1.55. The number of para-hydroxylation sites is 2. The van der Waals surface area contributed by atoms with Crippen LogP contribution in [0.25, 0.3) is 21.8 Å². The van der Waals surface area contributed by atoms with E-state index in [0.717, 1.165) is 37.8 Å². The van der Waals surface area contributed by atoms with E-state index in [0.29, 0.717) is 82.7 Å². The van der Waals surface area contributed by atoms with E-state index < -0.39 is 222 Å². The van der Waals surface area contributed by atoms with Crippen molar-refractivity contribution >= 4 is 146 Å². The highest BCUT2D eigenvalue weighted by atomic mass is 32.2. The van der Waals surface area contributed by atoms with Gasteiger partial charge >= 0.3 is 0 Å². The van der Waals surface area contributed by atoms with E-state index in [9.17, 15) is 53.1 Å². The number of carbonyl (C=O) groups excluding carboxylic acids is 18. The number of aliphatic hydroxyl groups excluding tert-OH is 1. The smallest absolute Gasteiger partial charge is 0.246 e.